The molecule has 1 unspecified atom stereocenters. The van der Waals surface area contributed by atoms with Crippen molar-refractivity contribution in [1.29, 1.82) is 0 Å². The van der Waals surface area contributed by atoms with Crippen LogP contribution in [0.2, 0.25) is 0 Å². The highest BCUT2D eigenvalue weighted by Gasteiger charge is 2.21. The first-order valence-corrected chi connectivity index (χ1v) is 10.1. The molecule has 0 aromatic heterocycles. The predicted molar refractivity (Wildman–Crippen MR) is 122 cm³/mol. The molecule has 0 spiro atoms. The summed E-state index contributed by atoms with van der Waals surface area (Å²) in [6, 6.07) is 8.54. The van der Waals surface area contributed by atoms with Gasteiger partial charge in [0.25, 0.3) is 0 Å². The molecule has 158 valence electrons. The molecule has 0 aliphatic carbocycles. The lowest BCUT2D eigenvalue weighted by molar-refractivity contribution is 0.0291. The number of rotatable bonds is 6. The third kappa shape index (κ3) is 8.64. The van der Waals surface area contributed by atoms with Crippen LogP contribution in [0.5, 0.6) is 0 Å². The van der Waals surface area contributed by atoms with Crippen LogP contribution in [-0.2, 0) is 4.74 Å². The van der Waals surface area contributed by atoms with E-state index < -0.39 is 5.60 Å². The molecule has 4 nitrogen and oxygen atoms in total. The van der Waals surface area contributed by atoms with Gasteiger partial charge in [0.1, 0.15) is 5.60 Å². The van der Waals surface area contributed by atoms with Crippen LogP contribution in [0.15, 0.2) is 42.1 Å². The quantitative estimate of drug-likeness (QED) is 0.589. The largest absolute Gasteiger partial charge is 0.444 e. The molecule has 0 aliphatic rings. The zero-order valence-corrected chi connectivity index (χ0v) is 19.5. The Morgan fingerprint density at radius 2 is 1.75 bits per heavy atom. The number of benzene rings is 1. The van der Waals surface area contributed by atoms with E-state index in [1.165, 1.54) is 16.7 Å². The van der Waals surface area contributed by atoms with Crippen molar-refractivity contribution in [3.8, 4) is 0 Å². The third-order valence-electron chi connectivity index (χ3n) is 4.16. The van der Waals surface area contributed by atoms with Crippen LogP contribution in [0.1, 0.15) is 72.4 Å². The maximum absolute atomic E-state index is 12.1. The normalized spacial score (nSPS) is 13.2. The Kier molecular flexibility index (Phi) is 11.3. The van der Waals surface area contributed by atoms with Gasteiger partial charge in [0.15, 0.2) is 0 Å². The minimum Gasteiger partial charge on any atom is -0.444 e. The van der Waals surface area contributed by atoms with Crippen LogP contribution >= 0.6 is 0 Å². The van der Waals surface area contributed by atoms with Gasteiger partial charge < -0.3 is 15.0 Å². The minimum atomic E-state index is -0.475. The van der Waals surface area contributed by atoms with Crippen LogP contribution in [-0.4, -0.2) is 37.2 Å². The number of likely N-dealkylation sites (N-methyl/N-ethyl adjacent to an activating group) is 1. The fourth-order valence-electron chi connectivity index (χ4n) is 2.66. The van der Waals surface area contributed by atoms with Gasteiger partial charge in [-0.1, -0.05) is 57.2 Å². The highest BCUT2D eigenvalue weighted by molar-refractivity contribution is 5.76. The van der Waals surface area contributed by atoms with Crippen molar-refractivity contribution < 1.29 is 9.53 Å². The molecule has 0 saturated heterocycles. The van der Waals surface area contributed by atoms with Crippen molar-refractivity contribution in [2.24, 2.45) is 0 Å². The molecule has 0 heterocycles. The van der Waals surface area contributed by atoms with Gasteiger partial charge in [-0.15, -0.1) is 0 Å². The van der Waals surface area contributed by atoms with Crippen LogP contribution in [0.3, 0.4) is 0 Å². The summed E-state index contributed by atoms with van der Waals surface area (Å²) in [4.78, 5) is 13.8. The van der Waals surface area contributed by atoms with Crippen LogP contribution in [0.4, 0.5) is 4.79 Å². The van der Waals surface area contributed by atoms with Gasteiger partial charge in [-0.05, 0) is 57.2 Å². The lowest BCUT2D eigenvalue weighted by Crippen LogP contribution is -2.36. The second kappa shape index (κ2) is 12.3. The summed E-state index contributed by atoms with van der Waals surface area (Å²) in [5, 5.41) is 3.21. The summed E-state index contributed by atoms with van der Waals surface area (Å²) >= 11 is 0. The Morgan fingerprint density at radius 1 is 1.21 bits per heavy atom. The molecule has 0 aliphatic heterocycles. The maximum Gasteiger partial charge on any atom is 0.410 e. The lowest BCUT2D eigenvalue weighted by Gasteiger charge is -2.26. The Hall–Kier alpha value is -2.23. The lowest BCUT2D eigenvalue weighted by atomic mass is 9.96. The Balaban J connectivity index is 0.00000352. The summed E-state index contributed by atoms with van der Waals surface area (Å²) in [6.07, 6.45) is 3.87. The van der Waals surface area contributed by atoms with Crippen molar-refractivity contribution in [2.45, 2.75) is 66.9 Å². The van der Waals surface area contributed by atoms with E-state index in [4.69, 9.17) is 4.74 Å². The molecule has 0 bridgehead atoms. The summed E-state index contributed by atoms with van der Waals surface area (Å²) in [5.41, 5.74) is 4.21. The summed E-state index contributed by atoms with van der Waals surface area (Å²) in [5.74, 6) is 0.223. The molecule has 0 fully saturated rings. The van der Waals surface area contributed by atoms with Gasteiger partial charge in [-0.2, -0.15) is 0 Å². The number of carbonyl (C=O) groups excluding carboxylic acids is 1. The number of nitrogens with one attached hydrogen (secondary N) is 1. The Morgan fingerprint density at radius 3 is 2.18 bits per heavy atom. The highest BCUT2D eigenvalue weighted by atomic mass is 16.6. The van der Waals surface area contributed by atoms with Gasteiger partial charge in [-0.3, -0.25) is 0 Å². The molecular weight excluding hydrogens is 348 g/mol. The van der Waals surface area contributed by atoms with Crippen molar-refractivity contribution in [3.63, 3.8) is 0 Å². The van der Waals surface area contributed by atoms with E-state index in [2.05, 4.69) is 49.5 Å². The molecule has 1 amide bonds. The monoisotopic (exact) mass is 388 g/mol. The molecule has 1 rings (SSSR count). The van der Waals surface area contributed by atoms with Crippen LogP contribution in [0, 0.1) is 0 Å². The number of hydrogen-bond donors (Lipinski definition) is 1. The van der Waals surface area contributed by atoms with E-state index in [1.807, 2.05) is 54.7 Å². The average molecular weight is 389 g/mol. The summed E-state index contributed by atoms with van der Waals surface area (Å²) in [7, 11) is 3.71. The summed E-state index contributed by atoms with van der Waals surface area (Å²) in [6.45, 7) is 16.5. The topological polar surface area (TPSA) is 41.6 Å². The zero-order chi connectivity index (χ0) is 21.9. The molecular formula is C24H40N2O2. The van der Waals surface area contributed by atoms with Crippen LogP contribution < -0.4 is 5.32 Å². The Labute approximate surface area is 172 Å². The van der Waals surface area contributed by atoms with Crippen molar-refractivity contribution in [1.82, 2.24) is 10.2 Å². The van der Waals surface area contributed by atoms with Gasteiger partial charge in [-0.25, -0.2) is 4.79 Å². The zero-order valence-electron chi connectivity index (χ0n) is 19.5. The van der Waals surface area contributed by atoms with Gasteiger partial charge in [0, 0.05) is 26.3 Å². The van der Waals surface area contributed by atoms with E-state index in [0.29, 0.717) is 6.54 Å². The smallest absolute Gasteiger partial charge is 0.410 e. The summed E-state index contributed by atoms with van der Waals surface area (Å²) < 4.78 is 5.42. The van der Waals surface area contributed by atoms with Gasteiger partial charge >= 0.3 is 6.09 Å². The SMILES string of the molecule is C/C=C\C(=C(\C)NC)c1ccc(C(C)CN(C)C(=O)OC(C)(C)C)cc1.CC. The number of carbonyl (C=O) groups is 1. The first-order chi connectivity index (χ1) is 13.1. The third-order valence-corrected chi connectivity index (χ3v) is 4.16. The molecule has 0 radical (unpaired) electrons. The van der Waals surface area contributed by atoms with Crippen molar-refractivity contribution >= 4 is 11.7 Å². The molecule has 1 aromatic carbocycles. The molecule has 28 heavy (non-hydrogen) atoms. The first kappa shape index (κ1) is 25.8. The molecule has 4 heteroatoms. The van der Waals surface area contributed by atoms with E-state index in [1.54, 1.807) is 11.9 Å². The van der Waals surface area contributed by atoms with Gasteiger partial charge in [0.05, 0.1) is 0 Å². The average Bonchev–Trinajstić information content (AvgIpc) is 2.65. The van der Waals surface area contributed by atoms with Gasteiger partial charge in [0.2, 0.25) is 0 Å². The highest BCUT2D eigenvalue weighted by Crippen LogP contribution is 2.23. The molecule has 1 N–H and O–H groups in total. The van der Waals surface area contributed by atoms with E-state index in [9.17, 15) is 4.79 Å². The minimum absolute atomic E-state index is 0.223. The number of hydrogen-bond acceptors (Lipinski definition) is 3. The molecule has 1 aromatic rings. The number of amides is 1. The fraction of sp³-hybridized carbons (Fsp3) is 0.542. The molecule has 1 atom stereocenters. The maximum atomic E-state index is 12.1. The second-order valence-corrected chi connectivity index (χ2v) is 7.67. The number of ether oxygens (including phenoxy) is 1. The van der Waals surface area contributed by atoms with E-state index in [-0.39, 0.29) is 12.0 Å². The number of nitrogens with zero attached hydrogens (tertiary/aromatic N) is 1. The fourth-order valence-corrected chi connectivity index (χ4v) is 2.66. The first-order valence-electron chi connectivity index (χ1n) is 10.1. The van der Waals surface area contributed by atoms with Crippen LogP contribution in [0.25, 0.3) is 5.57 Å². The standard InChI is InChI=1S/C22H34N2O2.C2H6/c1-9-10-20(17(3)23-7)19-13-11-18(12-14-19)16(2)15-24(8)21(25)26-22(4,5)6;1-2/h9-14,16,23H,15H2,1-8H3;1-2H3/b10-9-,20-17+;. The Bertz CT molecular complexity index is 652. The molecule has 0 saturated carbocycles. The van der Waals surface area contributed by atoms with Crippen molar-refractivity contribution in [2.75, 3.05) is 20.6 Å². The van der Waals surface area contributed by atoms with Crippen molar-refractivity contribution in [3.05, 3.63) is 53.2 Å². The second-order valence-electron chi connectivity index (χ2n) is 7.67. The van der Waals surface area contributed by atoms with E-state index in [0.717, 1.165) is 5.70 Å². The number of allylic oxidation sites excluding steroid dienone is 4. The predicted octanol–water partition coefficient (Wildman–Crippen LogP) is 6.21. The van der Waals surface area contributed by atoms with E-state index >= 15 is 0 Å².